The number of ether oxygens (including phenoxy) is 2. The Morgan fingerprint density at radius 3 is 2.45 bits per heavy atom. The summed E-state index contributed by atoms with van der Waals surface area (Å²) in [7, 11) is 1.55. The third-order valence-electron chi connectivity index (χ3n) is 4.13. The molecule has 0 unspecified atom stereocenters. The van der Waals surface area contributed by atoms with Crippen LogP contribution in [-0.4, -0.2) is 19.2 Å². The lowest BCUT2D eigenvalue weighted by Gasteiger charge is -2.14. The maximum atomic E-state index is 12.1. The van der Waals surface area contributed by atoms with Gasteiger partial charge in [-0.1, -0.05) is 40.9 Å². The lowest BCUT2D eigenvalue weighted by molar-refractivity contribution is 0.0955. The van der Waals surface area contributed by atoms with Gasteiger partial charge in [-0.25, -0.2) is 5.43 Å². The number of carbonyl (C=O) groups is 1. The second kappa shape index (κ2) is 11.0. The summed E-state index contributed by atoms with van der Waals surface area (Å²) in [6.45, 7) is 0.257. The lowest BCUT2D eigenvalue weighted by Crippen LogP contribution is -2.17. The molecule has 31 heavy (non-hydrogen) atoms. The number of hydrogen-bond donors (Lipinski definition) is 1. The number of nitrogens with one attached hydrogen (secondary N) is 1. The number of benzene rings is 3. The Morgan fingerprint density at radius 2 is 1.77 bits per heavy atom. The van der Waals surface area contributed by atoms with Gasteiger partial charge >= 0.3 is 0 Å². The summed E-state index contributed by atoms with van der Waals surface area (Å²) in [4.78, 5) is 12.1. The maximum absolute atomic E-state index is 12.1. The van der Waals surface area contributed by atoms with Crippen LogP contribution in [0.4, 0.5) is 0 Å². The normalized spacial score (nSPS) is 10.9. The molecule has 0 saturated heterocycles. The van der Waals surface area contributed by atoms with Crippen molar-refractivity contribution < 1.29 is 14.3 Å². The van der Waals surface area contributed by atoms with Crippen LogP contribution in [0.15, 0.2) is 59.7 Å². The van der Waals surface area contributed by atoms with E-state index in [0.717, 1.165) is 14.7 Å². The Bertz CT molecular complexity index is 1120. The van der Waals surface area contributed by atoms with E-state index in [2.05, 4.69) is 33.1 Å². The third-order valence-corrected chi connectivity index (χ3v) is 5.77. The Hall–Kier alpha value is -2.00. The van der Waals surface area contributed by atoms with Crippen molar-refractivity contribution in [1.82, 2.24) is 5.43 Å². The molecule has 5 nitrogen and oxygen atoms in total. The third kappa shape index (κ3) is 6.49. The Labute approximate surface area is 208 Å². The van der Waals surface area contributed by atoms with E-state index in [1.165, 1.54) is 6.21 Å². The van der Waals surface area contributed by atoms with E-state index in [4.69, 9.17) is 44.3 Å². The zero-order chi connectivity index (χ0) is 22.4. The van der Waals surface area contributed by atoms with Crippen LogP contribution in [-0.2, 0) is 6.61 Å². The first-order chi connectivity index (χ1) is 14.9. The van der Waals surface area contributed by atoms with Gasteiger partial charge in [0.25, 0.3) is 5.91 Å². The van der Waals surface area contributed by atoms with E-state index < -0.39 is 0 Å². The standard InChI is InChI=1S/C22H16Cl3IN2O3/c1-30-20-9-13(11-27-28-22(29)14-2-5-16(23)6-3-14)8-19(26)21(20)31-12-15-4-7-17(24)10-18(15)25/h2-11H,12H2,1H3,(H,28,29)/b27-11-. The van der Waals surface area contributed by atoms with Crippen molar-refractivity contribution >= 4 is 69.5 Å². The molecule has 1 amide bonds. The van der Waals surface area contributed by atoms with Gasteiger partial charge in [0.2, 0.25) is 0 Å². The zero-order valence-electron chi connectivity index (χ0n) is 16.2. The second-order valence-corrected chi connectivity index (χ2v) is 8.71. The first kappa shape index (κ1) is 23.7. The van der Waals surface area contributed by atoms with Gasteiger partial charge in [-0.3, -0.25) is 4.79 Å². The van der Waals surface area contributed by atoms with Crippen LogP contribution in [0.5, 0.6) is 11.5 Å². The van der Waals surface area contributed by atoms with Gasteiger partial charge < -0.3 is 9.47 Å². The van der Waals surface area contributed by atoms with Crippen molar-refractivity contribution in [2.45, 2.75) is 6.61 Å². The fourth-order valence-corrected chi connectivity index (χ4v) is 3.94. The van der Waals surface area contributed by atoms with Crippen molar-refractivity contribution in [3.8, 4) is 11.5 Å². The summed E-state index contributed by atoms with van der Waals surface area (Å²) < 4.78 is 12.2. The molecule has 3 aromatic rings. The van der Waals surface area contributed by atoms with E-state index >= 15 is 0 Å². The summed E-state index contributed by atoms with van der Waals surface area (Å²) >= 11 is 20.1. The van der Waals surface area contributed by atoms with Crippen LogP contribution in [0, 0.1) is 3.57 Å². The van der Waals surface area contributed by atoms with Gasteiger partial charge in [0.05, 0.1) is 16.9 Å². The van der Waals surface area contributed by atoms with Crippen molar-refractivity contribution in [1.29, 1.82) is 0 Å². The fourth-order valence-electron chi connectivity index (χ4n) is 2.57. The van der Waals surface area contributed by atoms with Crippen molar-refractivity contribution in [2.24, 2.45) is 5.10 Å². The molecule has 1 N–H and O–H groups in total. The quantitative estimate of drug-likeness (QED) is 0.192. The number of halogens is 4. The highest BCUT2D eigenvalue weighted by Gasteiger charge is 2.13. The maximum Gasteiger partial charge on any atom is 0.271 e. The van der Waals surface area contributed by atoms with Gasteiger partial charge in [0.15, 0.2) is 11.5 Å². The molecule has 0 aliphatic heterocycles. The highest BCUT2D eigenvalue weighted by molar-refractivity contribution is 14.1. The lowest BCUT2D eigenvalue weighted by atomic mass is 10.2. The average Bonchev–Trinajstić information content (AvgIpc) is 2.74. The molecule has 0 fully saturated rings. The first-order valence-corrected chi connectivity index (χ1v) is 11.1. The van der Waals surface area contributed by atoms with Crippen LogP contribution >= 0.6 is 57.4 Å². The minimum absolute atomic E-state index is 0.257. The van der Waals surface area contributed by atoms with E-state index in [1.54, 1.807) is 49.6 Å². The molecule has 0 aliphatic rings. The Balaban J connectivity index is 1.70. The first-order valence-electron chi connectivity index (χ1n) is 8.90. The second-order valence-electron chi connectivity index (χ2n) is 6.26. The molecular formula is C22H16Cl3IN2O3. The molecule has 0 heterocycles. The molecule has 0 saturated carbocycles. The Kier molecular flexibility index (Phi) is 8.43. The van der Waals surface area contributed by atoms with Crippen molar-refractivity contribution in [3.05, 3.63) is 89.9 Å². The monoisotopic (exact) mass is 588 g/mol. The molecule has 3 aromatic carbocycles. The summed E-state index contributed by atoms with van der Waals surface area (Å²) in [5.74, 6) is 0.772. The van der Waals surface area contributed by atoms with Gasteiger partial charge in [-0.15, -0.1) is 0 Å². The molecular weight excluding hydrogens is 574 g/mol. The van der Waals surface area contributed by atoms with Gasteiger partial charge in [0, 0.05) is 26.2 Å². The largest absolute Gasteiger partial charge is 0.493 e. The van der Waals surface area contributed by atoms with Gasteiger partial charge in [-0.05, 0) is 76.7 Å². The fraction of sp³-hybridized carbons (Fsp3) is 0.0909. The molecule has 0 aromatic heterocycles. The number of rotatable bonds is 7. The molecule has 0 bridgehead atoms. The predicted molar refractivity (Wildman–Crippen MR) is 133 cm³/mol. The number of methoxy groups -OCH3 is 1. The van der Waals surface area contributed by atoms with Crippen LogP contribution in [0.25, 0.3) is 0 Å². The van der Waals surface area contributed by atoms with E-state index in [1.807, 2.05) is 12.1 Å². The smallest absolute Gasteiger partial charge is 0.271 e. The SMILES string of the molecule is COc1cc(/C=N\NC(=O)c2ccc(Cl)cc2)cc(I)c1OCc1ccc(Cl)cc1Cl. The molecule has 0 atom stereocenters. The number of hydrazone groups is 1. The molecule has 0 aliphatic carbocycles. The minimum Gasteiger partial charge on any atom is -0.493 e. The summed E-state index contributed by atoms with van der Waals surface area (Å²) in [5.41, 5.74) is 4.48. The van der Waals surface area contributed by atoms with Gasteiger partial charge in [-0.2, -0.15) is 5.10 Å². The highest BCUT2D eigenvalue weighted by Crippen LogP contribution is 2.34. The van der Waals surface area contributed by atoms with Crippen LogP contribution in [0.2, 0.25) is 15.1 Å². The topological polar surface area (TPSA) is 59.9 Å². The molecule has 9 heteroatoms. The molecule has 3 rings (SSSR count). The van der Waals surface area contributed by atoms with E-state index in [-0.39, 0.29) is 12.5 Å². The molecule has 0 spiro atoms. The van der Waals surface area contributed by atoms with Crippen LogP contribution < -0.4 is 14.9 Å². The van der Waals surface area contributed by atoms with Crippen molar-refractivity contribution in [3.63, 3.8) is 0 Å². The summed E-state index contributed by atoms with van der Waals surface area (Å²) in [6, 6.07) is 15.4. The summed E-state index contributed by atoms with van der Waals surface area (Å²) in [6.07, 6.45) is 1.53. The summed E-state index contributed by atoms with van der Waals surface area (Å²) in [5, 5.41) is 5.66. The van der Waals surface area contributed by atoms with Crippen LogP contribution in [0.3, 0.4) is 0 Å². The Morgan fingerprint density at radius 1 is 1.06 bits per heavy atom. The van der Waals surface area contributed by atoms with Crippen molar-refractivity contribution in [2.75, 3.05) is 7.11 Å². The van der Waals surface area contributed by atoms with E-state index in [0.29, 0.717) is 32.1 Å². The van der Waals surface area contributed by atoms with E-state index in [9.17, 15) is 4.79 Å². The van der Waals surface area contributed by atoms with Crippen LogP contribution in [0.1, 0.15) is 21.5 Å². The number of hydrogen-bond acceptors (Lipinski definition) is 4. The minimum atomic E-state index is -0.339. The number of amides is 1. The number of nitrogens with zero attached hydrogens (tertiary/aromatic N) is 1. The van der Waals surface area contributed by atoms with Gasteiger partial charge in [0.1, 0.15) is 6.61 Å². The molecule has 0 radical (unpaired) electrons. The molecule has 160 valence electrons. The highest BCUT2D eigenvalue weighted by atomic mass is 127. The predicted octanol–water partition coefficient (Wildman–Crippen LogP) is 6.60. The number of carbonyl (C=O) groups excluding carboxylic acids is 1. The average molecular weight is 590 g/mol. The zero-order valence-corrected chi connectivity index (χ0v) is 20.6.